The number of phenolic OH excluding ortho intramolecular Hbond substituents is 1. The molecule has 2 aliphatic carbocycles. The van der Waals surface area contributed by atoms with Gasteiger partial charge in [-0.3, -0.25) is 29.0 Å². The number of amides is 4. The second-order valence-corrected chi connectivity index (χ2v) is 27.6. The van der Waals surface area contributed by atoms with Crippen molar-refractivity contribution in [2.24, 2.45) is 0 Å². The number of benzene rings is 8. The number of phenols is 1. The molecule has 8 aromatic carbocycles. The van der Waals surface area contributed by atoms with Crippen LogP contribution in [0.5, 0.6) is 23.0 Å². The summed E-state index contributed by atoms with van der Waals surface area (Å²) in [6, 6.07) is 61.5. The van der Waals surface area contributed by atoms with Gasteiger partial charge in [-0.05, 0) is 137 Å². The summed E-state index contributed by atoms with van der Waals surface area (Å²) in [4.78, 5) is 68.1. The Morgan fingerprint density at radius 2 is 0.859 bits per heavy atom. The van der Waals surface area contributed by atoms with Crippen LogP contribution < -0.4 is 24.0 Å². The highest BCUT2D eigenvalue weighted by atomic mass is 19.1. The predicted octanol–water partition coefficient (Wildman–Crippen LogP) is 16.2. The second-order valence-electron chi connectivity index (χ2n) is 27.6. The van der Waals surface area contributed by atoms with Gasteiger partial charge in [0.25, 0.3) is 23.6 Å². The van der Waals surface area contributed by atoms with Crippen molar-refractivity contribution in [1.29, 1.82) is 0 Å². The van der Waals surface area contributed by atoms with E-state index in [1.54, 1.807) is 61.6 Å². The van der Waals surface area contributed by atoms with Crippen molar-refractivity contribution in [3.8, 4) is 23.0 Å². The fraction of sp³-hybridized carbons (Fsp3) is 0.373. The Bertz CT molecular complexity index is 3980. The first kappa shape index (κ1) is 70.9. The molecule has 518 valence electrons. The van der Waals surface area contributed by atoms with E-state index < -0.39 is 28.7 Å². The molecule has 99 heavy (non-hydrogen) atoms. The number of carbonyl (C=O) groups excluding carboxylic acids is 4. The van der Waals surface area contributed by atoms with E-state index in [9.17, 15) is 24.3 Å². The van der Waals surface area contributed by atoms with Crippen LogP contribution in [0.3, 0.4) is 0 Å². The third kappa shape index (κ3) is 16.9. The number of methoxy groups -OCH3 is 1. The van der Waals surface area contributed by atoms with E-state index >= 15 is 8.78 Å². The summed E-state index contributed by atoms with van der Waals surface area (Å²) in [6.07, 6.45) is 7.46. The topological polar surface area (TPSA) is 136 Å². The molecule has 2 unspecified atom stereocenters. The maximum absolute atomic E-state index is 16.0. The predicted molar refractivity (Wildman–Crippen MR) is 385 cm³/mol. The minimum Gasteiger partial charge on any atom is -0.508 e. The average molecular weight is 1340 g/mol. The van der Waals surface area contributed by atoms with E-state index in [0.29, 0.717) is 76.8 Å². The fourth-order valence-corrected chi connectivity index (χ4v) is 15.0. The van der Waals surface area contributed by atoms with E-state index in [1.165, 1.54) is 35.4 Å². The number of carbonyl (C=O) groups is 4. The van der Waals surface area contributed by atoms with Crippen LogP contribution in [0.1, 0.15) is 159 Å². The Hall–Kier alpha value is -9.38. The molecular formula is C83H94F2N6O8. The standard InChI is InChI=1S/C42H48FN3O4.C41H46FN3O4/c1-5-45(37-22-13-12-21-34(37)32-19-14-20-33(25-32)49-4)40(47)35-26-38-39(27-36(35)43)50-42(2,3)41(48)46(38)24-23-44(28-30-15-8-6-9-16-30)29-31-17-10-7-11-18-31;1-4-44(36-21-12-11-20-33(36)31-18-13-19-32(46)24-31)39(47)34-25-37-38(26-35(34)42)49-41(2,3)40(48)45(37)23-22-43(27-29-14-7-5-8-15-29)28-30-16-9-6-10-17-30/h6-11,14-20,25-27,34,37H,5,12-13,21-24,28-29H2,1-4H3;5-10,13-19,24-26,33,36,46H,4,11-12,20-23,27-28H2,1-3H3/t34-,37?;33-,36?/m11/s1. The van der Waals surface area contributed by atoms with Crippen molar-refractivity contribution in [2.45, 2.75) is 154 Å². The maximum atomic E-state index is 16.0. The molecule has 1 N–H and O–H groups in total. The van der Waals surface area contributed by atoms with Crippen molar-refractivity contribution in [3.05, 3.63) is 250 Å². The summed E-state index contributed by atoms with van der Waals surface area (Å²) in [5.41, 5.74) is 5.04. The number of hydrogen-bond donors (Lipinski definition) is 1. The van der Waals surface area contributed by atoms with Crippen molar-refractivity contribution < 1.29 is 47.3 Å². The quantitative estimate of drug-likeness (QED) is 0.0659. The molecule has 0 aromatic heterocycles. The number of likely N-dealkylation sites (N-methyl/N-ethyl adjacent to an activating group) is 2. The molecular weight excluding hydrogens is 1250 g/mol. The maximum Gasteiger partial charge on any atom is 0.270 e. The van der Waals surface area contributed by atoms with Gasteiger partial charge in [-0.1, -0.05) is 171 Å². The smallest absolute Gasteiger partial charge is 0.270 e. The number of nitrogens with zero attached hydrogens (tertiary/aromatic N) is 6. The molecule has 2 heterocycles. The molecule has 4 amide bonds. The molecule has 4 aliphatic rings. The van der Waals surface area contributed by atoms with E-state index in [0.717, 1.165) is 79.4 Å². The zero-order valence-corrected chi connectivity index (χ0v) is 58.3. The summed E-state index contributed by atoms with van der Waals surface area (Å²) >= 11 is 0. The van der Waals surface area contributed by atoms with Gasteiger partial charge in [-0.15, -0.1) is 0 Å². The minimum atomic E-state index is -1.21. The Balaban J connectivity index is 0.000000200. The molecule has 14 nitrogen and oxygen atoms in total. The van der Waals surface area contributed by atoms with Gasteiger partial charge >= 0.3 is 0 Å². The lowest BCUT2D eigenvalue weighted by molar-refractivity contribution is -0.133. The Kier molecular flexibility index (Phi) is 23.0. The highest BCUT2D eigenvalue weighted by molar-refractivity contribution is 6.06. The van der Waals surface area contributed by atoms with Gasteiger partial charge in [-0.25, -0.2) is 8.78 Å². The normalized spacial score (nSPS) is 18.5. The van der Waals surface area contributed by atoms with E-state index in [2.05, 4.69) is 64.4 Å². The Morgan fingerprint density at radius 1 is 0.495 bits per heavy atom. The summed E-state index contributed by atoms with van der Waals surface area (Å²) in [5, 5.41) is 10.2. The van der Waals surface area contributed by atoms with Gasteiger partial charge in [0.1, 0.15) is 34.6 Å². The number of anilines is 2. The van der Waals surface area contributed by atoms with Crippen LogP contribution in [0, 0.1) is 11.6 Å². The third-order valence-electron chi connectivity index (χ3n) is 19.9. The molecule has 0 radical (unpaired) electrons. The molecule has 16 heteroatoms. The van der Waals surface area contributed by atoms with Gasteiger partial charge in [0.05, 0.1) is 29.6 Å². The van der Waals surface area contributed by atoms with Gasteiger partial charge in [0, 0.05) is 101 Å². The van der Waals surface area contributed by atoms with Crippen LogP contribution in [0.25, 0.3) is 0 Å². The van der Waals surface area contributed by atoms with Gasteiger partial charge in [-0.2, -0.15) is 0 Å². The number of aromatic hydroxyl groups is 1. The van der Waals surface area contributed by atoms with Crippen LogP contribution in [-0.4, -0.2) is 118 Å². The molecule has 4 atom stereocenters. The van der Waals surface area contributed by atoms with Crippen molar-refractivity contribution in [3.63, 3.8) is 0 Å². The van der Waals surface area contributed by atoms with Gasteiger partial charge in [0.15, 0.2) is 11.2 Å². The van der Waals surface area contributed by atoms with E-state index in [1.807, 2.05) is 122 Å². The fourth-order valence-electron chi connectivity index (χ4n) is 15.0. The second kappa shape index (κ2) is 32.1. The molecule has 2 fully saturated rings. The molecule has 0 saturated heterocycles. The summed E-state index contributed by atoms with van der Waals surface area (Å²) in [5.74, 6) is -0.986. The van der Waals surface area contributed by atoms with Gasteiger partial charge < -0.3 is 38.9 Å². The number of halogens is 2. The largest absolute Gasteiger partial charge is 0.508 e. The lowest BCUT2D eigenvalue weighted by Crippen LogP contribution is -2.54. The molecule has 12 rings (SSSR count). The number of fused-ring (bicyclic) bond motifs is 2. The van der Waals surface area contributed by atoms with Crippen LogP contribution in [-0.2, 0) is 35.8 Å². The molecule has 0 bridgehead atoms. The number of rotatable bonds is 23. The summed E-state index contributed by atoms with van der Waals surface area (Å²) in [7, 11) is 1.65. The summed E-state index contributed by atoms with van der Waals surface area (Å²) in [6.45, 7) is 16.0. The van der Waals surface area contributed by atoms with Crippen molar-refractivity contribution >= 4 is 35.0 Å². The first-order chi connectivity index (χ1) is 47.8. The Labute approximate surface area is 582 Å². The molecule has 2 saturated carbocycles. The first-order valence-electron chi connectivity index (χ1n) is 35.2. The highest BCUT2D eigenvalue weighted by Gasteiger charge is 2.45. The summed E-state index contributed by atoms with van der Waals surface area (Å²) < 4.78 is 49.7. The van der Waals surface area contributed by atoms with E-state index in [-0.39, 0.29) is 70.0 Å². The first-order valence-corrected chi connectivity index (χ1v) is 35.2. The monoisotopic (exact) mass is 1340 g/mol. The lowest BCUT2D eigenvalue weighted by atomic mass is 9.79. The van der Waals surface area contributed by atoms with Crippen molar-refractivity contribution in [1.82, 2.24) is 19.6 Å². The van der Waals surface area contributed by atoms with Gasteiger partial charge in [0.2, 0.25) is 0 Å². The SMILES string of the molecule is CCN(C(=O)c1cc2c(cc1F)OC(C)(C)C(=O)N2CCN(Cc1ccccc1)Cc1ccccc1)C1CCCC[C@@H]1c1cccc(O)c1.CCN(C(=O)c1cc2c(cc1F)OC(C)(C)C(=O)N2CCN(Cc1ccccc1)Cc1ccccc1)C1CCCC[C@@H]1c1cccc(OC)c1. The third-order valence-corrected chi connectivity index (χ3v) is 19.9. The molecule has 0 spiro atoms. The van der Waals surface area contributed by atoms with Crippen LogP contribution in [0.4, 0.5) is 20.2 Å². The molecule has 8 aromatic rings. The van der Waals surface area contributed by atoms with Crippen LogP contribution >= 0.6 is 0 Å². The minimum absolute atomic E-state index is 0.0212. The molecule has 2 aliphatic heterocycles. The average Bonchev–Trinajstić information content (AvgIpc) is 0.758. The van der Waals surface area contributed by atoms with Crippen LogP contribution in [0.2, 0.25) is 0 Å². The Morgan fingerprint density at radius 3 is 1.22 bits per heavy atom. The van der Waals surface area contributed by atoms with Crippen molar-refractivity contribution in [2.75, 3.05) is 56.2 Å². The number of ether oxygens (including phenoxy) is 3. The van der Waals surface area contributed by atoms with Crippen LogP contribution in [0.15, 0.2) is 194 Å². The lowest BCUT2D eigenvalue weighted by Gasteiger charge is -2.41. The number of hydrogen-bond acceptors (Lipinski definition) is 10. The van der Waals surface area contributed by atoms with E-state index in [4.69, 9.17) is 14.2 Å². The zero-order valence-electron chi connectivity index (χ0n) is 58.3. The zero-order chi connectivity index (χ0) is 69.8. The highest BCUT2D eigenvalue weighted by Crippen LogP contribution is 2.45.